The molecule has 4 heterocycles. The molecule has 2 aliphatic heterocycles. The van der Waals surface area contributed by atoms with Gasteiger partial charge in [-0.3, -0.25) is 9.59 Å². The van der Waals surface area contributed by atoms with Crippen LogP contribution in [0.2, 0.25) is 0 Å². The zero-order valence-electron chi connectivity index (χ0n) is 21.0. The molecule has 4 fully saturated rings. The maximum atomic E-state index is 13.8. The highest BCUT2D eigenvalue weighted by atomic mass is 32.1. The molecule has 8 nitrogen and oxygen atoms in total. The van der Waals surface area contributed by atoms with Crippen molar-refractivity contribution in [2.45, 2.75) is 95.4 Å². The molecule has 192 valence electrons. The van der Waals surface area contributed by atoms with Gasteiger partial charge in [-0.25, -0.2) is 9.97 Å². The van der Waals surface area contributed by atoms with Crippen LogP contribution >= 0.6 is 11.3 Å². The quantitative estimate of drug-likeness (QED) is 0.469. The van der Waals surface area contributed by atoms with Gasteiger partial charge in [-0.15, -0.1) is 11.3 Å². The van der Waals surface area contributed by atoms with Crippen LogP contribution in [0.5, 0.6) is 0 Å². The maximum absolute atomic E-state index is 13.8. The molecule has 9 heteroatoms. The van der Waals surface area contributed by atoms with E-state index in [-0.39, 0.29) is 35.5 Å². The average molecular weight is 510 g/mol. The molecule has 36 heavy (non-hydrogen) atoms. The lowest BCUT2D eigenvalue weighted by molar-refractivity contribution is 0.0725. The number of carbonyl (C=O) groups excluding carboxylic acids is 2. The standard InChI is InChI=1S/C27H35N5O3S/c1-3-20(16-4-5-16)30-21-12-15(2)19(13-28-21)23-22(26(34)32-17-6-7-18(32)9-8-17)31-25(36-23)24(33)29-14-27(35)10-11-27/h12-13,16-18,20,35H,3-11,14H2,1-2H3,(H,28,30)(H,29,33)/t17?,18?,20-/m0/s1. The van der Waals surface area contributed by atoms with Crippen LogP contribution in [0, 0.1) is 12.8 Å². The fourth-order valence-electron chi connectivity index (χ4n) is 5.87. The highest BCUT2D eigenvalue weighted by molar-refractivity contribution is 7.17. The van der Waals surface area contributed by atoms with E-state index in [1.165, 1.54) is 24.2 Å². The number of pyridine rings is 1. The van der Waals surface area contributed by atoms with Crippen molar-refractivity contribution in [3.05, 3.63) is 28.5 Å². The number of hydrogen-bond acceptors (Lipinski definition) is 7. The minimum atomic E-state index is -0.788. The van der Waals surface area contributed by atoms with Crippen LogP contribution < -0.4 is 10.6 Å². The monoisotopic (exact) mass is 509 g/mol. The van der Waals surface area contributed by atoms with Crippen LogP contribution in [0.15, 0.2) is 12.3 Å². The predicted molar refractivity (Wildman–Crippen MR) is 139 cm³/mol. The number of aliphatic hydroxyl groups is 1. The van der Waals surface area contributed by atoms with Crippen molar-refractivity contribution in [2.75, 3.05) is 11.9 Å². The lowest BCUT2D eigenvalue weighted by atomic mass is 10.0. The van der Waals surface area contributed by atoms with Crippen LogP contribution in [0.25, 0.3) is 10.4 Å². The number of rotatable bonds is 9. The maximum Gasteiger partial charge on any atom is 0.280 e. The number of fused-ring (bicyclic) bond motifs is 2. The summed E-state index contributed by atoms with van der Waals surface area (Å²) in [7, 11) is 0. The Hall–Kier alpha value is -2.52. The molecular weight excluding hydrogens is 474 g/mol. The first-order valence-electron chi connectivity index (χ1n) is 13.4. The number of aromatic nitrogens is 2. The molecule has 0 aromatic carbocycles. The number of aryl methyl sites for hydroxylation is 1. The highest BCUT2D eigenvalue weighted by Crippen LogP contribution is 2.41. The van der Waals surface area contributed by atoms with Crippen molar-refractivity contribution >= 4 is 29.0 Å². The Morgan fingerprint density at radius 2 is 1.89 bits per heavy atom. The van der Waals surface area contributed by atoms with E-state index in [2.05, 4.69) is 22.5 Å². The van der Waals surface area contributed by atoms with Crippen LogP contribution in [0.3, 0.4) is 0 Å². The SMILES string of the molecule is CC[C@H](Nc1cc(C)c(-c2sc(C(=O)NCC3(O)CC3)nc2C(=O)N2C3CCC2CC3)cn1)C1CC1. The first kappa shape index (κ1) is 23.9. The lowest BCUT2D eigenvalue weighted by Crippen LogP contribution is -2.36. The lowest BCUT2D eigenvalue weighted by Gasteiger charge is -2.22. The molecule has 2 saturated carbocycles. The number of nitrogens with one attached hydrogen (secondary N) is 2. The van der Waals surface area contributed by atoms with Gasteiger partial charge in [0.25, 0.3) is 11.8 Å². The van der Waals surface area contributed by atoms with Crippen molar-refractivity contribution in [3.8, 4) is 10.4 Å². The van der Waals surface area contributed by atoms with Crippen molar-refractivity contribution in [1.82, 2.24) is 20.2 Å². The molecule has 2 bridgehead atoms. The minimum absolute atomic E-state index is 0.0764. The largest absolute Gasteiger partial charge is 0.388 e. The summed E-state index contributed by atoms with van der Waals surface area (Å²) in [5, 5.41) is 16.8. The summed E-state index contributed by atoms with van der Waals surface area (Å²) < 4.78 is 0. The van der Waals surface area contributed by atoms with Gasteiger partial charge < -0.3 is 20.6 Å². The van der Waals surface area contributed by atoms with Crippen molar-refractivity contribution < 1.29 is 14.7 Å². The number of anilines is 1. The van der Waals surface area contributed by atoms with E-state index in [1.54, 1.807) is 0 Å². The summed E-state index contributed by atoms with van der Waals surface area (Å²) >= 11 is 1.24. The smallest absolute Gasteiger partial charge is 0.280 e. The van der Waals surface area contributed by atoms with Crippen molar-refractivity contribution in [2.24, 2.45) is 5.92 Å². The summed E-state index contributed by atoms with van der Waals surface area (Å²) in [6, 6.07) is 3.02. The number of thiazole rings is 1. The van der Waals surface area contributed by atoms with E-state index in [0.29, 0.717) is 29.5 Å². The Bertz CT molecular complexity index is 1170. The summed E-state index contributed by atoms with van der Waals surface area (Å²) in [6.07, 6.45) is 11.0. The van der Waals surface area contributed by atoms with Gasteiger partial charge in [0.15, 0.2) is 5.01 Å². The minimum Gasteiger partial charge on any atom is -0.388 e. The molecule has 2 aromatic heterocycles. The van der Waals surface area contributed by atoms with Gasteiger partial charge in [0.05, 0.1) is 10.5 Å². The van der Waals surface area contributed by atoms with E-state index in [4.69, 9.17) is 4.98 Å². The van der Waals surface area contributed by atoms with Gasteiger partial charge in [-0.2, -0.15) is 0 Å². The van der Waals surface area contributed by atoms with Gasteiger partial charge in [0.2, 0.25) is 0 Å². The van der Waals surface area contributed by atoms with Gasteiger partial charge in [0, 0.05) is 36.4 Å². The Kier molecular flexibility index (Phi) is 6.03. The molecule has 2 amide bonds. The van der Waals surface area contributed by atoms with Crippen LogP contribution in [-0.4, -0.2) is 62.1 Å². The van der Waals surface area contributed by atoms with Gasteiger partial charge >= 0.3 is 0 Å². The molecule has 2 saturated heterocycles. The average Bonchev–Trinajstić information content (AvgIpc) is 3.72. The van der Waals surface area contributed by atoms with E-state index < -0.39 is 5.60 Å². The Morgan fingerprint density at radius 3 is 2.47 bits per heavy atom. The Morgan fingerprint density at radius 1 is 1.19 bits per heavy atom. The summed E-state index contributed by atoms with van der Waals surface area (Å²) in [6.45, 7) is 4.43. The Balaban J connectivity index is 1.31. The predicted octanol–water partition coefficient (Wildman–Crippen LogP) is 4.14. The third-order valence-corrected chi connectivity index (χ3v) is 9.52. The van der Waals surface area contributed by atoms with Crippen LogP contribution in [0.4, 0.5) is 5.82 Å². The third kappa shape index (κ3) is 4.52. The van der Waals surface area contributed by atoms with E-state index in [1.807, 2.05) is 24.1 Å². The van der Waals surface area contributed by atoms with Gasteiger partial charge in [-0.1, -0.05) is 6.92 Å². The fourth-order valence-corrected chi connectivity index (χ4v) is 6.92. The fraction of sp³-hybridized carbons (Fsp3) is 0.630. The summed E-state index contributed by atoms with van der Waals surface area (Å²) in [5.74, 6) is 1.16. The molecule has 0 spiro atoms. The first-order valence-corrected chi connectivity index (χ1v) is 14.2. The molecular formula is C27H35N5O3S. The summed E-state index contributed by atoms with van der Waals surface area (Å²) in [5.41, 5.74) is 1.40. The normalized spacial score (nSPS) is 24.6. The van der Waals surface area contributed by atoms with E-state index >= 15 is 0 Å². The zero-order valence-corrected chi connectivity index (χ0v) is 21.9. The molecule has 6 rings (SSSR count). The summed E-state index contributed by atoms with van der Waals surface area (Å²) in [4.78, 5) is 38.7. The molecule has 3 N–H and O–H groups in total. The molecule has 2 aromatic rings. The molecule has 4 aliphatic rings. The van der Waals surface area contributed by atoms with Crippen LogP contribution in [-0.2, 0) is 0 Å². The first-order chi connectivity index (χ1) is 17.3. The molecule has 1 atom stereocenters. The van der Waals surface area contributed by atoms with E-state index in [9.17, 15) is 14.7 Å². The van der Waals surface area contributed by atoms with Gasteiger partial charge in [0.1, 0.15) is 11.5 Å². The zero-order chi connectivity index (χ0) is 25.0. The highest BCUT2D eigenvalue weighted by Gasteiger charge is 2.44. The second-order valence-corrected chi connectivity index (χ2v) is 12.2. The van der Waals surface area contributed by atoms with E-state index in [0.717, 1.165) is 55.0 Å². The van der Waals surface area contributed by atoms with Crippen LogP contribution in [0.1, 0.15) is 90.6 Å². The number of amides is 2. The Labute approximate surface area is 215 Å². The number of hydrogen-bond donors (Lipinski definition) is 3. The molecule has 0 radical (unpaired) electrons. The topological polar surface area (TPSA) is 107 Å². The third-order valence-electron chi connectivity index (χ3n) is 8.44. The van der Waals surface area contributed by atoms with Crippen molar-refractivity contribution in [3.63, 3.8) is 0 Å². The van der Waals surface area contributed by atoms with Crippen molar-refractivity contribution in [1.29, 1.82) is 0 Å². The molecule has 0 unspecified atom stereocenters. The number of nitrogens with zero attached hydrogens (tertiary/aromatic N) is 3. The second kappa shape index (κ2) is 9.10. The molecule has 2 aliphatic carbocycles. The number of carbonyl (C=O) groups is 2. The van der Waals surface area contributed by atoms with Gasteiger partial charge in [-0.05, 0) is 82.3 Å². The second-order valence-electron chi connectivity index (χ2n) is 11.2.